The van der Waals surface area contributed by atoms with Crippen molar-refractivity contribution in [1.82, 2.24) is 15.2 Å². The highest BCUT2D eigenvalue weighted by atomic mass is 19.4. The van der Waals surface area contributed by atoms with Crippen molar-refractivity contribution < 1.29 is 32.5 Å². The molecule has 0 bridgehead atoms. The van der Waals surface area contributed by atoms with Crippen LogP contribution in [0.4, 0.5) is 13.2 Å². The summed E-state index contributed by atoms with van der Waals surface area (Å²) < 4.78 is 51.4. The first-order valence-corrected chi connectivity index (χ1v) is 11.7. The number of fused-ring (bicyclic) bond motifs is 1. The minimum absolute atomic E-state index is 0.114. The lowest BCUT2D eigenvalue weighted by molar-refractivity contribution is -0.158. The van der Waals surface area contributed by atoms with Crippen molar-refractivity contribution in [2.75, 3.05) is 19.8 Å². The Labute approximate surface area is 202 Å². The average molecular weight is 494 g/mol. The molecule has 4 atom stereocenters. The number of aliphatic hydroxyl groups excluding tert-OH is 1. The summed E-state index contributed by atoms with van der Waals surface area (Å²) in [7, 11) is 0. The number of ether oxygens (including phenoxy) is 2. The molecule has 2 aliphatic heterocycles. The van der Waals surface area contributed by atoms with Gasteiger partial charge in [-0.25, -0.2) is 0 Å². The van der Waals surface area contributed by atoms with E-state index in [1.54, 1.807) is 18.5 Å². The van der Waals surface area contributed by atoms with Crippen LogP contribution in [-0.4, -0.2) is 65.0 Å². The largest absolute Gasteiger partial charge is 0.416 e. The monoisotopic (exact) mass is 493 g/mol. The lowest BCUT2D eigenvalue weighted by Crippen LogP contribution is -2.55. The van der Waals surface area contributed by atoms with E-state index in [0.717, 1.165) is 17.7 Å². The number of nitrogens with one attached hydrogen (secondary N) is 1. The number of rotatable bonds is 6. The molecule has 0 saturated carbocycles. The molecular formula is C25H30F3N3O4. The van der Waals surface area contributed by atoms with E-state index >= 15 is 0 Å². The number of benzene rings is 1. The van der Waals surface area contributed by atoms with Crippen molar-refractivity contribution in [2.24, 2.45) is 0 Å². The van der Waals surface area contributed by atoms with Gasteiger partial charge in [-0.2, -0.15) is 13.2 Å². The van der Waals surface area contributed by atoms with Gasteiger partial charge in [-0.15, -0.1) is 0 Å². The number of halogens is 3. The van der Waals surface area contributed by atoms with Crippen molar-refractivity contribution in [3.05, 3.63) is 65.5 Å². The summed E-state index contributed by atoms with van der Waals surface area (Å²) in [4.78, 5) is 18.4. The molecule has 3 heterocycles. The number of amides is 1. The Kier molecular flexibility index (Phi) is 8.38. The number of carbonyl (C=O) groups is 1. The van der Waals surface area contributed by atoms with E-state index in [1.807, 2.05) is 17.0 Å². The van der Waals surface area contributed by atoms with E-state index < -0.39 is 17.8 Å². The molecular weight excluding hydrogens is 463 g/mol. The molecule has 0 radical (unpaired) electrons. The van der Waals surface area contributed by atoms with Crippen molar-refractivity contribution in [1.29, 1.82) is 0 Å². The number of β-amino-alcohol motifs (C(OH)–C–C–N with tert-alkyl or cyclic N) is 1. The van der Waals surface area contributed by atoms with Gasteiger partial charge in [-0.05, 0) is 42.2 Å². The van der Waals surface area contributed by atoms with Gasteiger partial charge in [-0.3, -0.25) is 14.7 Å². The number of carbonyl (C=O) groups excluding carboxylic acids is 1. The van der Waals surface area contributed by atoms with E-state index in [0.29, 0.717) is 24.9 Å². The molecule has 2 N–H and O–H groups in total. The van der Waals surface area contributed by atoms with Crippen LogP contribution in [0.2, 0.25) is 0 Å². The fraction of sp³-hybridized carbons (Fsp3) is 0.520. The highest BCUT2D eigenvalue weighted by Gasteiger charge is 2.38. The first kappa shape index (κ1) is 25.6. The zero-order valence-corrected chi connectivity index (χ0v) is 19.3. The molecule has 2 aromatic rings. The zero-order chi connectivity index (χ0) is 24.8. The van der Waals surface area contributed by atoms with E-state index in [1.165, 1.54) is 6.07 Å². The molecule has 1 aromatic carbocycles. The quantitative estimate of drug-likeness (QED) is 0.644. The number of aromatic nitrogens is 1. The number of alkyl halides is 3. The van der Waals surface area contributed by atoms with Gasteiger partial charge >= 0.3 is 6.18 Å². The van der Waals surface area contributed by atoms with Crippen molar-refractivity contribution in [3.8, 4) is 0 Å². The number of pyridine rings is 1. The summed E-state index contributed by atoms with van der Waals surface area (Å²) in [6.45, 7) is 1.28. The standard InChI is InChI=1S/C25H30F3N3O4/c26-25(27,28)19-3-1-2-18(10-19)13-31-14-20(32)15-34-16-23-22(31)5-4-21(35-23)11-24(33)30-12-17-6-8-29-9-7-17/h1-3,6-10,20-23,32H,4-5,11-16H2,(H,30,33)/t20-,21+,22-,23+/m0/s1. The second-order valence-corrected chi connectivity index (χ2v) is 9.10. The van der Waals surface area contributed by atoms with Gasteiger partial charge in [0.15, 0.2) is 0 Å². The molecule has 2 saturated heterocycles. The third-order valence-electron chi connectivity index (χ3n) is 6.38. The van der Waals surface area contributed by atoms with Crippen LogP contribution in [-0.2, 0) is 33.5 Å². The highest BCUT2D eigenvalue weighted by Crippen LogP contribution is 2.32. The SMILES string of the molecule is O=C(C[C@H]1CC[C@H]2[C@@H](COC[C@@H](O)CN2Cc2cccc(C(F)(F)F)c2)O1)NCc1ccncc1. The van der Waals surface area contributed by atoms with Gasteiger partial charge in [0.1, 0.15) is 0 Å². The van der Waals surface area contributed by atoms with E-state index in [4.69, 9.17) is 9.47 Å². The summed E-state index contributed by atoms with van der Waals surface area (Å²) in [6, 6.07) is 8.79. The molecule has 2 fully saturated rings. The van der Waals surface area contributed by atoms with Crippen LogP contribution >= 0.6 is 0 Å². The molecule has 190 valence electrons. The highest BCUT2D eigenvalue weighted by molar-refractivity contribution is 5.76. The summed E-state index contributed by atoms with van der Waals surface area (Å²) in [5, 5.41) is 13.2. The van der Waals surface area contributed by atoms with Crippen molar-refractivity contribution in [3.63, 3.8) is 0 Å². The number of nitrogens with zero attached hydrogens (tertiary/aromatic N) is 2. The smallest absolute Gasteiger partial charge is 0.389 e. The third-order valence-corrected chi connectivity index (χ3v) is 6.38. The maximum absolute atomic E-state index is 13.2. The van der Waals surface area contributed by atoms with E-state index in [9.17, 15) is 23.1 Å². The van der Waals surface area contributed by atoms with Crippen LogP contribution in [0.1, 0.15) is 36.0 Å². The molecule has 7 nitrogen and oxygen atoms in total. The lowest BCUT2D eigenvalue weighted by Gasteiger charge is -2.44. The number of aliphatic hydroxyl groups is 1. The first-order chi connectivity index (χ1) is 16.8. The van der Waals surface area contributed by atoms with Crippen LogP contribution < -0.4 is 5.32 Å². The van der Waals surface area contributed by atoms with Gasteiger partial charge < -0.3 is 19.9 Å². The Morgan fingerprint density at radius 1 is 1.14 bits per heavy atom. The van der Waals surface area contributed by atoms with Crippen molar-refractivity contribution in [2.45, 2.75) is 62.9 Å². The van der Waals surface area contributed by atoms with Crippen LogP contribution in [0.5, 0.6) is 0 Å². The fourth-order valence-corrected chi connectivity index (χ4v) is 4.69. The Hall–Kier alpha value is -2.53. The van der Waals surface area contributed by atoms with Crippen LogP contribution in [0, 0.1) is 0 Å². The topological polar surface area (TPSA) is 83.9 Å². The average Bonchev–Trinajstić information content (AvgIpc) is 2.82. The summed E-state index contributed by atoms with van der Waals surface area (Å²) in [5.41, 5.74) is 0.778. The molecule has 4 rings (SSSR count). The first-order valence-electron chi connectivity index (χ1n) is 11.7. The zero-order valence-electron chi connectivity index (χ0n) is 19.3. The Bertz CT molecular complexity index is 976. The number of hydrogen-bond acceptors (Lipinski definition) is 6. The molecule has 2 aliphatic rings. The third kappa shape index (κ3) is 7.23. The molecule has 1 amide bonds. The van der Waals surface area contributed by atoms with Crippen LogP contribution in [0.15, 0.2) is 48.8 Å². The summed E-state index contributed by atoms with van der Waals surface area (Å²) in [5.74, 6) is -0.117. The Balaban J connectivity index is 1.38. The Morgan fingerprint density at radius 2 is 1.94 bits per heavy atom. The normalized spacial score (nSPS) is 25.8. The molecule has 0 unspecified atom stereocenters. The minimum atomic E-state index is -4.42. The molecule has 0 aliphatic carbocycles. The van der Waals surface area contributed by atoms with E-state index in [2.05, 4.69) is 10.3 Å². The van der Waals surface area contributed by atoms with Gasteiger partial charge in [0.25, 0.3) is 0 Å². The maximum atomic E-state index is 13.2. The number of hydrogen-bond donors (Lipinski definition) is 2. The second-order valence-electron chi connectivity index (χ2n) is 9.10. The molecule has 0 spiro atoms. The van der Waals surface area contributed by atoms with Gasteiger partial charge in [-0.1, -0.05) is 18.2 Å². The second kappa shape index (κ2) is 11.5. The minimum Gasteiger partial charge on any atom is -0.389 e. The fourth-order valence-electron chi connectivity index (χ4n) is 4.69. The lowest BCUT2D eigenvalue weighted by atomic mass is 9.94. The summed E-state index contributed by atoms with van der Waals surface area (Å²) >= 11 is 0. The molecule has 10 heteroatoms. The van der Waals surface area contributed by atoms with Gasteiger partial charge in [0.2, 0.25) is 5.91 Å². The maximum Gasteiger partial charge on any atom is 0.416 e. The Morgan fingerprint density at radius 3 is 2.71 bits per heavy atom. The van der Waals surface area contributed by atoms with Crippen LogP contribution in [0.3, 0.4) is 0 Å². The molecule has 1 aromatic heterocycles. The van der Waals surface area contributed by atoms with Crippen LogP contribution in [0.25, 0.3) is 0 Å². The molecule has 35 heavy (non-hydrogen) atoms. The van der Waals surface area contributed by atoms with Gasteiger partial charge in [0.05, 0.1) is 43.5 Å². The van der Waals surface area contributed by atoms with Crippen molar-refractivity contribution >= 4 is 5.91 Å². The van der Waals surface area contributed by atoms with Gasteiger partial charge in [0, 0.05) is 38.1 Å². The predicted octanol–water partition coefficient (Wildman–Crippen LogP) is 2.92. The predicted molar refractivity (Wildman–Crippen MR) is 121 cm³/mol. The van der Waals surface area contributed by atoms with E-state index in [-0.39, 0.29) is 56.9 Å². The summed E-state index contributed by atoms with van der Waals surface area (Å²) in [6.07, 6.45) is -0.937.